The molecule has 7 heteroatoms. The number of methoxy groups -OCH3 is 1. The van der Waals surface area contributed by atoms with Crippen molar-refractivity contribution in [1.82, 2.24) is 19.8 Å². The average Bonchev–Trinajstić information content (AvgIpc) is 3.60. The van der Waals surface area contributed by atoms with Crippen LogP contribution in [0.3, 0.4) is 0 Å². The van der Waals surface area contributed by atoms with E-state index in [9.17, 15) is 9.59 Å². The van der Waals surface area contributed by atoms with Crippen molar-refractivity contribution in [3.63, 3.8) is 0 Å². The van der Waals surface area contributed by atoms with E-state index in [1.54, 1.807) is 7.11 Å². The summed E-state index contributed by atoms with van der Waals surface area (Å²) in [5.74, 6) is 0.931. The fraction of sp³-hybridized carbons (Fsp3) is 0.379. The first kappa shape index (κ1) is 22.9. The van der Waals surface area contributed by atoms with Gasteiger partial charge >= 0.3 is 0 Å². The third kappa shape index (κ3) is 4.07. The molecule has 0 bridgehead atoms. The quantitative estimate of drug-likeness (QED) is 0.370. The summed E-state index contributed by atoms with van der Waals surface area (Å²) in [7, 11) is 1.71. The largest absolute Gasteiger partial charge is 0.497 e. The molecular weight excluding hydrogens is 452 g/mol. The highest BCUT2D eigenvalue weighted by atomic mass is 16.5. The minimum absolute atomic E-state index is 0.0521. The molecule has 36 heavy (non-hydrogen) atoms. The van der Waals surface area contributed by atoms with Crippen molar-refractivity contribution in [2.45, 2.75) is 37.5 Å². The summed E-state index contributed by atoms with van der Waals surface area (Å²) >= 11 is 0. The summed E-state index contributed by atoms with van der Waals surface area (Å²) < 4.78 is 5.42. The van der Waals surface area contributed by atoms with Gasteiger partial charge in [0.25, 0.3) is 0 Å². The van der Waals surface area contributed by atoms with E-state index < -0.39 is 0 Å². The van der Waals surface area contributed by atoms with Crippen molar-refractivity contribution in [3.05, 3.63) is 66.0 Å². The van der Waals surface area contributed by atoms with Gasteiger partial charge in [-0.25, -0.2) is 0 Å². The maximum Gasteiger partial charge on any atom is 0.237 e. The first-order chi connectivity index (χ1) is 17.6. The molecule has 2 aromatic heterocycles. The highest BCUT2D eigenvalue weighted by molar-refractivity contribution is 6.07. The van der Waals surface area contributed by atoms with Crippen LogP contribution in [0.4, 0.5) is 0 Å². The summed E-state index contributed by atoms with van der Waals surface area (Å²) in [5.41, 5.74) is 4.46. The first-order valence-corrected chi connectivity index (χ1v) is 12.9. The van der Waals surface area contributed by atoms with Crippen LogP contribution < -0.4 is 4.74 Å². The van der Waals surface area contributed by atoms with Crippen LogP contribution in [0.2, 0.25) is 0 Å². The standard InChI is InChI=1S/C29H32N4O3/c1-36-20-7-8-27-22(15-20)24(17-30-27)19-9-13-32(14-10-19)11-4-12-33-28(34)16-23(29(33)35)25-18-31-26-6-3-2-5-21(25)26/h2-3,5-8,15,17-19,23,30-31H,4,9-14,16H2,1H3. The molecule has 1 atom stereocenters. The number of rotatable bonds is 7. The zero-order valence-corrected chi connectivity index (χ0v) is 20.6. The molecule has 186 valence electrons. The smallest absolute Gasteiger partial charge is 0.237 e. The summed E-state index contributed by atoms with van der Waals surface area (Å²) in [6.07, 6.45) is 7.33. The Kier molecular flexibility index (Phi) is 6.01. The van der Waals surface area contributed by atoms with Crippen LogP contribution in [0.1, 0.15) is 48.6 Å². The monoisotopic (exact) mass is 484 g/mol. The van der Waals surface area contributed by atoms with Crippen molar-refractivity contribution < 1.29 is 14.3 Å². The number of nitrogens with zero attached hydrogens (tertiary/aromatic N) is 2. The number of carbonyl (C=O) groups excluding carboxylic acids is 2. The highest BCUT2D eigenvalue weighted by Crippen LogP contribution is 2.36. The number of piperidine rings is 1. The van der Waals surface area contributed by atoms with Crippen molar-refractivity contribution in [2.24, 2.45) is 0 Å². The molecular formula is C29H32N4O3. The number of aromatic amines is 2. The minimum Gasteiger partial charge on any atom is -0.497 e. The summed E-state index contributed by atoms with van der Waals surface area (Å²) in [4.78, 5) is 36.4. The summed E-state index contributed by atoms with van der Waals surface area (Å²) in [6.45, 7) is 3.46. The number of nitrogens with one attached hydrogen (secondary N) is 2. The Bertz CT molecular complexity index is 1410. The van der Waals surface area contributed by atoms with Crippen molar-refractivity contribution in [1.29, 1.82) is 0 Å². The highest BCUT2D eigenvalue weighted by Gasteiger charge is 2.40. The molecule has 0 saturated carbocycles. The number of hydrogen-bond donors (Lipinski definition) is 2. The van der Waals surface area contributed by atoms with Gasteiger partial charge in [0.2, 0.25) is 11.8 Å². The van der Waals surface area contributed by atoms with Gasteiger partial charge in [-0.3, -0.25) is 14.5 Å². The molecule has 4 heterocycles. The second-order valence-electron chi connectivity index (χ2n) is 10.1. The van der Waals surface area contributed by atoms with Gasteiger partial charge in [0, 0.05) is 47.2 Å². The van der Waals surface area contributed by atoms with Gasteiger partial charge in [0.1, 0.15) is 5.75 Å². The minimum atomic E-state index is -0.376. The molecule has 0 spiro atoms. The molecule has 6 rings (SSSR count). The second kappa shape index (κ2) is 9.47. The number of hydrogen-bond acceptors (Lipinski definition) is 4. The zero-order chi connectivity index (χ0) is 24.6. The summed E-state index contributed by atoms with van der Waals surface area (Å²) in [5, 5.41) is 2.28. The van der Waals surface area contributed by atoms with Gasteiger partial charge in [-0.05, 0) is 80.2 Å². The number of benzene rings is 2. The summed E-state index contributed by atoms with van der Waals surface area (Å²) in [6, 6.07) is 14.1. The van der Waals surface area contributed by atoms with Gasteiger partial charge in [0.15, 0.2) is 0 Å². The molecule has 2 N–H and O–H groups in total. The maximum absolute atomic E-state index is 13.1. The van der Waals surface area contributed by atoms with Gasteiger partial charge in [-0.1, -0.05) is 18.2 Å². The van der Waals surface area contributed by atoms with Crippen molar-refractivity contribution in [3.8, 4) is 5.75 Å². The molecule has 2 aromatic carbocycles. The Morgan fingerprint density at radius 3 is 2.47 bits per heavy atom. The molecule has 2 aliphatic rings. The number of ether oxygens (including phenoxy) is 1. The Balaban J connectivity index is 1.03. The lowest BCUT2D eigenvalue weighted by Crippen LogP contribution is -2.37. The van der Waals surface area contributed by atoms with Crippen LogP contribution >= 0.6 is 0 Å². The SMILES string of the molecule is COc1ccc2[nH]cc(C3CCN(CCCN4C(=O)CC(c5c[nH]c6ccccc56)C4=O)CC3)c2c1. The van der Waals surface area contributed by atoms with Gasteiger partial charge in [-0.15, -0.1) is 0 Å². The van der Waals surface area contributed by atoms with E-state index in [4.69, 9.17) is 4.74 Å². The zero-order valence-electron chi connectivity index (χ0n) is 20.6. The number of likely N-dealkylation sites (tertiary alicyclic amines) is 2. The van der Waals surface area contributed by atoms with Crippen LogP contribution in [0.25, 0.3) is 21.8 Å². The number of aromatic nitrogens is 2. The molecule has 1 unspecified atom stereocenters. The van der Waals surface area contributed by atoms with Gasteiger partial charge < -0.3 is 19.6 Å². The molecule has 0 aliphatic carbocycles. The fourth-order valence-electron chi connectivity index (χ4n) is 6.05. The molecule has 0 radical (unpaired) electrons. The predicted octanol–water partition coefficient (Wildman–Crippen LogP) is 4.77. The van der Waals surface area contributed by atoms with Gasteiger partial charge in [0.05, 0.1) is 13.0 Å². The lowest BCUT2D eigenvalue weighted by Gasteiger charge is -2.32. The first-order valence-electron chi connectivity index (χ1n) is 12.9. The molecule has 2 fully saturated rings. The van der Waals surface area contributed by atoms with E-state index in [1.807, 2.05) is 36.5 Å². The van der Waals surface area contributed by atoms with Crippen LogP contribution in [0.5, 0.6) is 5.75 Å². The van der Waals surface area contributed by atoms with E-state index in [0.717, 1.165) is 66.6 Å². The predicted molar refractivity (Wildman–Crippen MR) is 140 cm³/mol. The van der Waals surface area contributed by atoms with E-state index in [1.165, 1.54) is 15.8 Å². The molecule has 2 aliphatic heterocycles. The molecule has 7 nitrogen and oxygen atoms in total. The van der Waals surface area contributed by atoms with Crippen LogP contribution in [0, 0.1) is 0 Å². The number of H-pyrrole nitrogens is 2. The van der Waals surface area contributed by atoms with E-state index in [0.29, 0.717) is 12.5 Å². The van der Waals surface area contributed by atoms with Crippen LogP contribution in [-0.4, -0.2) is 64.9 Å². The number of fused-ring (bicyclic) bond motifs is 2. The second-order valence-corrected chi connectivity index (χ2v) is 10.1. The van der Waals surface area contributed by atoms with Crippen molar-refractivity contribution >= 4 is 33.6 Å². The van der Waals surface area contributed by atoms with E-state index in [2.05, 4.69) is 33.2 Å². The third-order valence-corrected chi connectivity index (χ3v) is 8.04. The average molecular weight is 485 g/mol. The van der Waals surface area contributed by atoms with Crippen molar-refractivity contribution in [2.75, 3.05) is 33.3 Å². The number of amides is 2. The molecule has 2 saturated heterocycles. The Hall–Kier alpha value is -3.58. The fourth-order valence-corrected chi connectivity index (χ4v) is 6.05. The topological polar surface area (TPSA) is 81.4 Å². The molecule has 4 aromatic rings. The van der Waals surface area contributed by atoms with Crippen LogP contribution in [-0.2, 0) is 9.59 Å². The number of para-hydroxylation sites is 1. The molecule has 2 amide bonds. The Morgan fingerprint density at radius 1 is 0.917 bits per heavy atom. The van der Waals surface area contributed by atoms with Gasteiger partial charge in [-0.2, -0.15) is 0 Å². The lowest BCUT2D eigenvalue weighted by molar-refractivity contribution is -0.138. The third-order valence-electron chi connectivity index (χ3n) is 8.04. The van der Waals surface area contributed by atoms with Crippen LogP contribution in [0.15, 0.2) is 54.9 Å². The Labute approximate surface area is 210 Å². The Morgan fingerprint density at radius 2 is 1.67 bits per heavy atom. The lowest BCUT2D eigenvalue weighted by atomic mass is 9.89. The van der Waals surface area contributed by atoms with E-state index in [-0.39, 0.29) is 24.2 Å². The number of carbonyl (C=O) groups is 2. The number of imide groups is 1. The maximum atomic E-state index is 13.1. The normalized spacial score (nSPS) is 19.7. The van der Waals surface area contributed by atoms with E-state index >= 15 is 0 Å².